The molecular weight excluding hydrogens is 522 g/mol. The van der Waals surface area contributed by atoms with E-state index in [1.807, 2.05) is 0 Å². The molecule has 1 aromatic carbocycles. The molecule has 1 aliphatic heterocycles. The van der Waals surface area contributed by atoms with Gasteiger partial charge in [-0.15, -0.1) is 0 Å². The number of hydrogen-bond acceptors (Lipinski definition) is 6. The van der Waals surface area contributed by atoms with Crippen LogP contribution < -0.4 is 16.2 Å². The fraction of sp³-hybridized carbons (Fsp3) is 0.414. The summed E-state index contributed by atoms with van der Waals surface area (Å²) in [6.45, 7) is 17.2. The van der Waals surface area contributed by atoms with Crippen LogP contribution in [0.25, 0.3) is 0 Å². The number of benzene rings is 1. The van der Waals surface area contributed by atoms with Crippen molar-refractivity contribution in [3.05, 3.63) is 82.6 Å². The predicted molar refractivity (Wildman–Crippen MR) is 147 cm³/mol. The number of rotatable bonds is 8. The van der Waals surface area contributed by atoms with Crippen LogP contribution in [-0.4, -0.2) is 33.9 Å². The molecule has 1 aromatic rings. The second-order valence-corrected chi connectivity index (χ2v) is 11.2. The van der Waals surface area contributed by atoms with Gasteiger partial charge in [0.2, 0.25) is 5.91 Å². The second-order valence-electron chi connectivity index (χ2n) is 11.2. The van der Waals surface area contributed by atoms with Crippen LogP contribution in [0, 0.1) is 11.6 Å². The Labute approximate surface area is 233 Å². The number of halogens is 2. The number of carbonyl (C=O) groups is 3. The van der Waals surface area contributed by atoms with Gasteiger partial charge in [-0.1, -0.05) is 12.6 Å². The van der Waals surface area contributed by atoms with E-state index in [0.717, 1.165) is 12.1 Å². The molecule has 0 atom stereocenters. The lowest BCUT2D eigenvalue weighted by Crippen LogP contribution is -2.51. The van der Waals surface area contributed by atoms with E-state index in [2.05, 4.69) is 22.7 Å². The summed E-state index contributed by atoms with van der Waals surface area (Å²) >= 11 is 0. The van der Waals surface area contributed by atoms with Crippen molar-refractivity contribution in [2.24, 2.45) is 0 Å². The van der Waals surface area contributed by atoms with Crippen molar-refractivity contribution < 1.29 is 32.6 Å². The molecule has 1 heterocycles. The highest BCUT2D eigenvalue weighted by atomic mass is 19.1. The number of hydrazine groups is 1. The highest BCUT2D eigenvalue weighted by Gasteiger charge is 2.29. The predicted octanol–water partition coefficient (Wildman–Crippen LogP) is 5.23. The first-order chi connectivity index (χ1) is 18.4. The molecule has 0 saturated heterocycles. The quantitative estimate of drug-likeness (QED) is 0.297. The average Bonchev–Trinajstić information content (AvgIpc) is 2.77. The van der Waals surface area contributed by atoms with Crippen molar-refractivity contribution in [2.45, 2.75) is 79.6 Å². The van der Waals surface area contributed by atoms with Crippen LogP contribution in [0.4, 0.5) is 13.6 Å². The number of ether oxygens (including phenoxy) is 2. The maximum absolute atomic E-state index is 14.1. The number of carbonyl (C=O) groups excluding carboxylic acids is 3. The van der Waals surface area contributed by atoms with Gasteiger partial charge in [-0.25, -0.2) is 13.6 Å². The Morgan fingerprint density at radius 3 is 2.17 bits per heavy atom. The molecule has 11 heteroatoms. The van der Waals surface area contributed by atoms with E-state index in [1.54, 1.807) is 67.7 Å². The molecular formula is C29H38F2N4O5. The number of nitrogens with one attached hydrogen (secondary N) is 3. The third kappa shape index (κ3) is 9.25. The van der Waals surface area contributed by atoms with Crippen molar-refractivity contribution >= 4 is 17.9 Å². The fourth-order valence-corrected chi connectivity index (χ4v) is 3.70. The fourth-order valence-electron chi connectivity index (χ4n) is 3.70. The Morgan fingerprint density at radius 1 is 1.02 bits per heavy atom. The van der Waals surface area contributed by atoms with Gasteiger partial charge in [-0.05, 0) is 84.7 Å². The first-order valence-corrected chi connectivity index (χ1v) is 12.6. The smallest absolute Gasteiger partial charge is 0.408 e. The topological polar surface area (TPSA) is 109 Å². The number of alkyl carbamates (subject to hydrolysis) is 1. The summed E-state index contributed by atoms with van der Waals surface area (Å²) < 4.78 is 39.1. The molecule has 3 N–H and O–H groups in total. The zero-order chi connectivity index (χ0) is 30.4. The maximum atomic E-state index is 14.1. The van der Waals surface area contributed by atoms with Gasteiger partial charge < -0.3 is 19.7 Å². The Morgan fingerprint density at radius 2 is 1.62 bits per heavy atom. The van der Waals surface area contributed by atoms with E-state index in [9.17, 15) is 23.2 Å². The van der Waals surface area contributed by atoms with Gasteiger partial charge in [-0.2, -0.15) is 0 Å². The monoisotopic (exact) mass is 560 g/mol. The molecule has 1 aliphatic rings. The number of hydrogen-bond donors (Lipinski definition) is 3. The second kappa shape index (κ2) is 12.8. The average molecular weight is 561 g/mol. The lowest BCUT2D eigenvalue weighted by atomic mass is 10.0. The Hall–Kier alpha value is -4.15. The molecule has 3 amide bonds. The zero-order valence-electron chi connectivity index (χ0n) is 24.3. The Balaban J connectivity index is 2.07. The van der Waals surface area contributed by atoms with E-state index in [-0.39, 0.29) is 35.7 Å². The third-order valence-corrected chi connectivity index (χ3v) is 5.39. The summed E-state index contributed by atoms with van der Waals surface area (Å²) in [5.41, 5.74) is 4.53. The van der Waals surface area contributed by atoms with Crippen LogP contribution in [0.3, 0.4) is 0 Å². The largest absolute Gasteiger partial charge is 0.486 e. The van der Waals surface area contributed by atoms with E-state index in [4.69, 9.17) is 9.47 Å². The standard InChI is InChI=1S/C29H38F2N4O5/c1-17(2)25(26(37)34-33-24(36)14-29(8,9)32-27(38)40-28(5,6)7)35-15-18(3)13-23(19(35)4)39-16-20-21(30)11-10-12-22(20)31/h10-13,15H,4,14,16H2,1-3,5-9H3,(H,32,38)(H,33,36)(H,34,37). The molecule has 40 heavy (non-hydrogen) atoms. The highest BCUT2D eigenvalue weighted by Crippen LogP contribution is 2.30. The molecule has 2 rings (SSSR count). The van der Waals surface area contributed by atoms with Crippen LogP contribution in [0.2, 0.25) is 0 Å². The van der Waals surface area contributed by atoms with E-state index >= 15 is 0 Å². The lowest BCUT2D eigenvalue weighted by Gasteiger charge is -2.31. The molecule has 0 aromatic heterocycles. The maximum Gasteiger partial charge on any atom is 0.408 e. The molecule has 0 spiro atoms. The molecule has 0 saturated carbocycles. The Bertz CT molecular complexity index is 1250. The summed E-state index contributed by atoms with van der Waals surface area (Å²) in [5, 5.41) is 2.63. The molecule has 0 unspecified atom stereocenters. The first-order valence-electron chi connectivity index (χ1n) is 12.6. The van der Waals surface area contributed by atoms with Crippen LogP contribution in [0.5, 0.6) is 0 Å². The number of amides is 3. The summed E-state index contributed by atoms with van der Waals surface area (Å²) in [7, 11) is 0. The van der Waals surface area contributed by atoms with Crippen molar-refractivity contribution in [3.63, 3.8) is 0 Å². The Kier molecular flexibility index (Phi) is 10.3. The van der Waals surface area contributed by atoms with Gasteiger partial charge in [0.05, 0.1) is 17.7 Å². The molecule has 0 fully saturated rings. The number of nitrogens with zero attached hydrogens (tertiary/aromatic N) is 1. The van der Waals surface area contributed by atoms with Crippen molar-refractivity contribution in [1.82, 2.24) is 21.1 Å². The van der Waals surface area contributed by atoms with Gasteiger partial charge >= 0.3 is 6.09 Å². The van der Waals surface area contributed by atoms with Gasteiger partial charge in [-0.3, -0.25) is 20.4 Å². The molecule has 218 valence electrons. The van der Waals surface area contributed by atoms with E-state index < -0.39 is 40.7 Å². The van der Waals surface area contributed by atoms with Crippen LogP contribution in [-0.2, 0) is 25.7 Å². The first kappa shape index (κ1) is 32.1. The molecule has 0 aliphatic carbocycles. The van der Waals surface area contributed by atoms with Crippen molar-refractivity contribution in [3.8, 4) is 0 Å². The van der Waals surface area contributed by atoms with Crippen LogP contribution >= 0.6 is 0 Å². The minimum Gasteiger partial charge on any atom is -0.486 e. The molecule has 9 nitrogen and oxygen atoms in total. The van der Waals surface area contributed by atoms with Gasteiger partial charge in [0.1, 0.15) is 35.3 Å². The lowest BCUT2D eigenvalue weighted by molar-refractivity contribution is -0.128. The zero-order valence-corrected chi connectivity index (χ0v) is 24.3. The minimum atomic E-state index is -0.966. The van der Waals surface area contributed by atoms with Gasteiger partial charge in [0.25, 0.3) is 5.91 Å². The highest BCUT2D eigenvalue weighted by molar-refractivity contribution is 5.95. The summed E-state index contributed by atoms with van der Waals surface area (Å²) in [6.07, 6.45) is 2.46. The number of allylic oxidation sites excluding steroid dienone is 3. The van der Waals surface area contributed by atoms with Crippen LogP contribution in [0.15, 0.2) is 65.4 Å². The summed E-state index contributed by atoms with van der Waals surface area (Å²) in [5.74, 6) is -2.46. The summed E-state index contributed by atoms with van der Waals surface area (Å²) in [6, 6.07) is 3.54. The van der Waals surface area contributed by atoms with Crippen molar-refractivity contribution in [1.29, 1.82) is 0 Å². The van der Waals surface area contributed by atoms with Crippen LogP contribution in [0.1, 0.15) is 67.4 Å². The molecule has 0 radical (unpaired) electrons. The third-order valence-electron chi connectivity index (χ3n) is 5.39. The normalized spacial score (nSPS) is 13.6. The van der Waals surface area contributed by atoms with Gasteiger partial charge in [0, 0.05) is 11.7 Å². The molecule has 0 bridgehead atoms. The summed E-state index contributed by atoms with van der Waals surface area (Å²) in [4.78, 5) is 39.3. The van der Waals surface area contributed by atoms with E-state index in [1.165, 1.54) is 11.0 Å². The SMILES string of the molecule is C=C1C(OCc2c(F)cccc2F)=CC(C)=CN1C(C(=O)NNC(=O)CC(C)(C)NC(=O)OC(C)(C)C)=C(C)C. The van der Waals surface area contributed by atoms with Gasteiger partial charge in [0.15, 0.2) is 0 Å². The van der Waals surface area contributed by atoms with E-state index in [0.29, 0.717) is 11.1 Å². The minimum absolute atomic E-state index is 0.153. The van der Waals surface area contributed by atoms with Crippen molar-refractivity contribution in [2.75, 3.05) is 0 Å².